The monoisotopic (exact) mass is 340 g/mol. The molecule has 0 fully saturated rings. The molecule has 0 unspecified atom stereocenters. The van der Waals surface area contributed by atoms with Crippen molar-refractivity contribution in [3.8, 4) is 0 Å². The molecule has 0 saturated heterocycles. The minimum Gasteiger partial charge on any atom is -0.312 e. The average molecular weight is 341 g/mol. The van der Waals surface area contributed by atoms with Crippen molar-refractivity contribution in [3.05, 3.63) is 34.6 Å². The third-order valence-electron chi connectivity index (χ3n) is 2.48. The standard InChI is InChI=1S/C13H17BrN4S/c1-9(2)6-15-7-10-3-4-12(11(14)5-10)19-13-16-8-17-18-13/h3-5,8-9,15H,6-7H2,1-2H3,(H,16,17,18). The summed E-state index contributed by atoms with van der Waals surface area (Å²) >= 11 is 5.16. The van der Waals surface area contributed by atoms with E-state index in [4.69, 9.17) is 0 Å². The van der Waals surface area contributed by atoms with Gasteiger partial charge in [-0.3, -0.25) is 5.10 Å². The van der Waals surface area contributed by atoms with Crippen LogP contribution in [0.3, 0.4) is 0 Å². The number of rotatable bonds is 6. The Hall–Kier alpha value is -0.850. The van der Waals surface area contributed by atoms with Crippen molar-refractivity contribution in [3.63, 3.8) is 0 Å². The molecule has 2 N–H and O–H groups in total. The predicted octanol–water partition coefficient (Wildman–Crippen LogP) is 3.46. The number of aromatic amines is 1. The molecule has 0 saturated carbocycles. The summed E-state index contributed by atoms with van der Waals surface area (Å²) in [5.74, 6) is 0.671. The molecule has 1 heterocycles. The van der Waals surface area contributed by atoms with E-state index in [1.807, 2.05) is 0 Å². The molecule has 1 aromatic carbocycles. The maximum atomic E-state index is 4.11. The van der Waals surface area contributed by atoms with E-state index in [0.717, 1.165) is 27.6 Å². The summed E-state index contributed by atoms with van der Waals surface area (Å²) in [6, 6.07) is 6.38. The molecule has 4 nitrogen and oxygen atoms in total. The minimum atomic E-state index is 0.671. The third-order valence-corrected chi connectivity index (χ3v) is 4.36. The number of nitrogens with one attached hydrogen (secondary N) is 2. The number of hydrogen-bond acceptors (Lipinski definition) is 4. The molecule has 0 atom stereocenters. The van der Waals surface area contributed by atoms with Crippen LogP contribution in [0.2, 0.25) is 0 Å². The largest absolute Gasteiger partial charge is 0.312 e. The van der Waals surface area contributed by atoms with Gasteiger partial charge in [0.1, 0.15) is 6.33 Å². The van der Waals surface area contributed by atoms with Gasteiger partial charge in [0.15, 0.2) is 5.16 Å². The number of H-pyrrole nitrogens is 1. The van der Waals surface area contributed by atoms with Gasteiger partial charge in [0.2, 0.25) is 0 Å². The highest BCUT2D eigenvalue weighted by Gasteiger charge is 2.05. The highest BCUT2D eigenvalue weighted by molar-refractivity contribution is 9.10. The van der Waals surface area contributed by atoms with Crippen LogP contribution in [-0.4, -0.2) is 21.7 Å². The van der Waals surface area contributed by atoms with Crippen LogP contribution in [0.5, 0.6) is 0 Å². The quantitative estimate of drug-likeness (QED) is 0.845. The van der Waals surface area contributed by atoms with Gasteiger partial charge in [-0.2, -0.15) is 5.10 Å². The topological polar surface area (TPSA) is 53.6 Å². The highest BCUT2D eigenvalue weighted by Crippen LogP contribution is 2.31. The van der Waals surface area contributed by atoms with Crippen LogP contribution in [0.25, 0.3) is 0 Å². The number of benzene rings is 1. The van der Waals surface area contributed by atoms with E-state index in [1.165, 1.54) is 11.9 Å². The Morgan fingerprint density at radius 3 is 2.89 bits per heavy atom. The Balaban J connectivity index is 1.97. The van der Waals surface area contributed by atoms with E-state index in [9.17, 15) is 0 Å². The molecule has 2 rings (SSSR count). The summed E-state index contributed by atoms with van der Waals surface area (Å²) < 4.78 is 1.08. The van der Waals surface area contributed by atoms with Gasteiger partial charge >= 0.3 is 0 Å². The van der Waals surface area contributed by atoms with Crippen LogP contribution in [-0.2, 0) is 6.54 Å². The first-order chi connectivity index (χ1) is 9.15. The van der Waals surface area contributed by atoms with E-state index < -0.39 is 0 Å². The molecular weight excluding hydrogens is 324 g/mol. The highest BCUT2D eigenvalue weighted by atomic mass is 79.9. The van der Waals surface area contributed by atoms with Crippen LogP contribution in [0.4, 0.5) is 0 Å². The van der Waals surface area contributed by atoms with E-state index in [-0.39, 0.29) is 0 Å². The van der Waals surface area contributed by atoms with Crippen LogP contribution in [0.1, 0.15) is 19.4 Å². The summed E-state index contributed by atoms with van der Waals surface area (Å²) in [6.45, 7) is 6.34. The molecule has 0 aliphatic carbocycles. The first kappa shape index (κ1) is 14.6. The zero-order chi connectivity index (χ0) is 13.7. The van der Waals surface area contributed by atoms with Crippen LogP contribution < -0.4 is 5.32 Å². The Kier molecular flexibility index (Phi) is 5.42. The lowest BCUT2D eigenvalue weighted by atomic mass is 10.2. The fourth-order valence-electron chi connectivity index (χ4n) is 1.59. The Bertz CT molecular complexity index is 513. The number of halogens is 1. The second-order valence-electron chi connectivity index (χ2n) is 4.68. The minimum absolute atomic E-state index is 0.671. The first-order valence-corrected chi connectivity index (χ1v) is 7.78. The molecule has 102 valence electrons. The first-order valence-electron chi connectivity index (χ1n) is 6.17. The maximum Gasteiger partial charge on any atom is 0.188 e. The third kappa shape index (κ3) is 4.63. The lowest BCUT2D eigenvalue weighted by Gasteiger charge is -2.09. The van der Waals surface area contributed by atoms with E-state index in [0.29, 0.717) is 5.92 Å². The summed E-state index contributed by atoms with van der Waals surface area (Å²) in [4.78, 5) is 5.24. The van der Waals surface area contributed by atoms with Crippen LogP contribution in [0.15, 0.2) is 39.1 Å². The van der Waals surface area contributed by atoms with Gasteiger partial charge in [-0.1, -0.05) is 19.9 Å². The van der Waals surface area contributed by atoms with Gasteiger partial charge in [0, 0.05) is 15.9 Å². The van der Waals surface area contributed by atoms with Gasteiger partial charge in [-0.05, 0) is 57.9 Å². The number of nitrogens with zero attached hydrogens (tertiary/aromatic N) is 2. The van der Waals surface area contributed by atoms with Gasteiger partial charge in [0.25, 0.3) is 0 Å². The second-order valence-corrected chi connectivity index (χ2v) is 6.57. The summed E-state index contributed by atoms with van der Waals surface area (Å²) in [6.07, 6.45) is 1.51. The Morgan fingerprint density at radius 2 is 2.26 bits per heavy atom. The fourth-order valence-corrected chi connectivity index (χ4v) is 2.96. The van der Waals surface area contributed by atoms with E-state index in [2.05, 4.69) is 68.5 Å². The molecule has 0 bridgehead atoms. The Labute approximate surface area is 125 Å². The van der Waals surface area contributed by atoms with Gasteiger partial charge in [0.05, 0.1) is 0 Å². The van der Waals surface area contributed by atoms with E-state index in [1.54, 1.807) is 11.8 Å². The van der Waals surface area contributed by atoms with Crippen LogP contribution in [0, 0.1) is 5.92 Å². The maximum absolute atomic E-state index is 4.11. The predicted molar refractivity (Wildman–Crippen MR) is 81.2 cm³/mol. The molecule has 0 radical (unpaired) electrons. The second kappa shape index (κ2) is 7.07. The zero-order valence-electron chi connectivity index (χ0n) is 11.0. The lowest BCUT2D eigenvalue weighted by Crippen LogP contribution is -2.18. The normalized spacial score (nSPS) is 11.2. The molecule has 2 aromatic rings. The van der Waals surface area contributed by atoms with Crippen molar-refractivity contribution >= 4 is 27.7 Å². The fraction of sp³-hybridized carbons (Fsp3) is 0.385. The van der Waals surface area contributed by atoms with Crippen molar-refractivity contribution in [1.82, 2.24) is 20.5 Å². The molecule has 6 heteroatoms. The molecule has 0 amide bonds. The average Bonchev–Trinajstić information content (AvgIpc) is 2.85. The van der Waals surface area contributed by atoms with Gasteiger partial charge in [-0.25, -0.2) is 4.98 Å². The zero-order valence-corrected chi connectivity index (χ0v) is 13.4. The molecule has 1 aromatic heterocycles. The van der Waals surface area contributed by atoms with Crippen molar-refractivity contribution in [2.75, 3.05) is 6.54 Å². The summed E-state index contributed by atoms with van der Waals surface area (Å²) in [7, 11) is 0. The van der Waals surface area contributed by atoms with Crippen molar-refractivity contribution in [2.45, 2.75) is 30.4 Å². The van der Waals surface area contributed by atoms with Crippen molar-refractivity contribution < 1.29 is 0 Å². The number of aromatic nitrogens is 3. The van der Waals surface area contributed by atoms with Crippen molar-refractivity contribution in [2.24, 2.45) is 5.92 Å². The molecule has 19 heavy (non-hydrogen) atoms. The Morgan fingerprint density at radius 1 is 1.42 bits per heavy atom. The molecular formula is C13H17BrN4S. The SMILES string of the molecule is CC(C)CNCc1ccc(Sc2ncn[nH]2)c(Br)c1. The lowest BCUT2D eigenvalue weighted by molar-refractivity contribution is 0.552. The molecule has 0 aliphatic heterocycles. The smallest absolute Gasteiger partial charge is 0.188 e. The molecule has 0 aliphatic rings. The summed E-state index contributed by atoms with van der Waals surface area (Å²) in [5.41, 5.74) is 1.27. The molecule has 0 spiro atoms. The number of hydrogen-bond donors (Lipinski definition) is 2. The van der Waals surface area contributed by atoms with Gasteiger partial charge < -0.3 is 5.32 Å². The van der Waals surface area contributed by atoms with Crippen LogP contribution >= 0.6 is 27.7 Å². The summed E-state index contributed by atoms with van der Waals surface area (Å²) in [5, 5.41) is 10.9. The van der Waals surface area contributed by atoms with Crippen molar-refractivity contribution in [1.29, 1.82) is 0 Å². The van der Waals surface area contributed by atoms with E-state index >= 15 is 0 Å². The van der Waals surface area contributed by atoms with Gasteiger partial charge in [-0.15, -0.1) is 0 Å².